The van der Waals surface area contributed by atoms with Crippen LogP contribution in [-0.2, 0) is 0 Å². The summed E-state index contributed by atoms with van der Waals surface area (Å²) in [5.41, 5.74) is 2.49. The van der Waals surface area contributed by atoms with Gasteiger partial charge in [0, 0.05) is 22.8 Å². The highest BCUT2D eigenvalue weighted by Crippen LogP contribution is 2.41. The van der Waals surface area contributed by atoms with Gasteiger partial charge in [0.05, 0.1) is 23.7 Å². The van der Waals surface area contributed by atoms with Crippen molar-refractivity contribution >= 4 is 27.2 Å². The van der Waals surface area contributed by atoms with Gasteiger partial charge < -0.3 is 4.90 Å². The zero-order chi connectivity index (χ0) is 16.6. The minimum Gasteiger partial charge on any atom is -0.343 e. The van der Waals surface area contributed by atoms with Crippen molar-refractivity contribution in [2.75, 3.05) is 7.05 Å². The molecule has 0 saturated carbocycles. The molecule has 1 aliphatic heterocycles. The van der Waals surface area contributed by atoms with Crippen LogP contribution in [0.4, 0.5) is 8.78 Å². The molecule has 5 heteroatoms. The van der Waals surface area contributed by atoms with Crippen LogP contribution < -0.4 is 0 Å². The summed E-state index contributed by atoms with van der Waals surface area (Å²) >= 11 is 3.45. The predicted molar refractivity (Wildman–Crippen MR) is 91.3 cm³/mol. The molecule has 1 aliphatic rings. The van der Waals surface area contributed by atoms with E-state index in [1.807, 2.05) is 36.4 Å². The molecule has 0 spiro atoms. The van der Waals surface area contributed by atoms with E-state index < -0.39 is 11.6 Å². The first kappa shape index (κ1) is 15.6. The molecule has 0 N–H and O–H groups in total. The summed E-state index contributed by atoms with van der Waals surface area (Å²) < 4.78 is 29.4. The van der Waals surface area contributed by atoms with E-state index in [1.54, 1.807) is 11.9 Å². The van der Waals surface area contributed by atoms with Gasteiger partial charge in [-0.1, -0.05) is 36.9 Å². The molecule has 0 fully saturated rings. The molecule has 0 saturated heterocycles. The fourth-order valence-electron chi connectivity index (χ4n) is 2.53. The van der Waals surface area contributed by atoms with Crippen LogP contribution in [-0.4, -0.2) is 16.9 Å². The van der Waals surface area contributed by atoms with E-state index in [4.69, 9.17) is 0 Å². The summed E-state index contributed by atoms with van der Waals surface area (Å²) in [6, 6.07) is 9.44. The molecule has 0 amide bonds. The number of rotatable bonds is 2. The number of halogens is 3. The number of likely N-dealkylation sites (N-methyl/N-ethyl adjacent to an activating group) is 1. The van der Waals surface area contributed by atoms with E-state index in [9.17, 15) is 8.78 Å². The Balaban J connectivity index is 2.36. The van der Waals surface area contributed by atoms with Crippen LogP contribution in [0.2, 0.25) is 0 Å². The highest BCUT2D eigenvalue weighted by Gasteiger charge is 2.27. The monoisotopic (exact) mass is 374 g/mol. The van der Waals surface area contributed by atoms with Crippen LogP contribution in [0.3, 0.4) is 0 Å². The van der Waals surface area contributed by atoms with Crippen molar-refractivity contribution in [3.8, 4) is 0 Å². The molecule has 0 bridgehead atoms. The Morgan fingerprint density at radius 2 is 1.70 bits per heavy atom. The Bertz CT molecular complexity index is 821. The molecule has 0 atom stereocenters. The third kappa shape index (κ3) is 2.72. The number of aromatic nitrogens is 1. The number of pyridine rings is 1. The number of nitrogens with zero attached hydrogens (tertiary/aromatic N) is 2. The van der Waals surface area contributed by atoms with Gasteiger partial charge in [0.1, 0.15) is 0 Å². The normalized spacial score (nSPS) is 15.0. The maximum atomic E-state index is 14.3. The molecule has 2 heterocycles. The molecule has 0 aliphatic carbocycles. The number of benzene rings is 1. The molecule has 116 valence electrons. The Morgan fingerprint density at radius 3 is 2.30 bits per heavy atom. The Labute approximate surface area is 141 Å². The van der Waals surface area contributed by atoms with Gasteiger partial charge in [-0.15, -0.1) is 0 Å². The standard InChI is InChI=1S/C18H13BrF2N2/c1-11-14(19)8-13(12-6-4-3-5-7-12)18(23(11)2)17-15(20)9-22-10-16(17)21/h3-10H,1H2,2H3. The number of hydrogen-bond acceptors (Lipinski definition) is 2. The van der Waals surface area contributed by atoms with Gasteiger partial charge in [0.15, 0.2) is 11.6 Å². The average Bonchev–Trinajstić information content (AvgIpc) is 2.55. The number of allylic oxidation sites excluding steroid dienone is 3. The van der Waals surface area contributed by atoms with Gasteiger partial charge in [0.25, 0.3) is 0 Å². The molecular formula is C18H13BrF2N2. The largest absolute Gasteiger partial charge is 0.343 e. The average molecular weight is 375 g/mol. The van der Waals surface area contributed by atoms with Crippen molar-refractivity contribution in [2.24, 2.45) is 0 Å². The van der Waals surface area contributed by atoms with E-state index in [-0.39, 0.29) is 5.56 Å². The molecule has 2 aromatic rings. The third-order valence-corrected chi connectivity index (χ3v) is 4.40. The van der Waals surface area contributed by atoms with Crippen LogP contribution in [0.1, 0.15) is 11.1 Å². The third-order valence-electron chi connectivity index (χ3n) is 3.72. The first-order valence-corrected chi connectivity index (χ1v) is 7.69. The minimum atomic E-state index is -0.709. The van der Waals surface area contributed by atoms with Gasteiger partial charge in [-0.3, -0.25) is 4.98 Å². The zero-order valence-corrected chi connectivity index (χ0v) is 13.9. The highest BCUT2D eigenvalue weighted by atomic mass is 79.9. The second-order valence-electron chi connectivity index (χ2n) is 5.10. The van der Waals surface area contributed by atoms with Gasteiger partial charge in [-0.25, -0.2) is 8.78 Å². The van der Waals surface area contributed by atoms with E-state index in [2.05, 4.69) is 27.5 Å². The molecule has 0 radical (unpaired) electrons. The minimum absolute atomic E-state index is 0.112. The SMILES string of the molecule is C=C1C(Br)=CC(c2ccccc2)=C(c2c(F)cncc2F)N1C. The number of hydrogen-bond donors (Lipinski definition) is 0. The van der Waals surface area contributed by atoms with E-state index >= 15 is 0 Å². The van der Waals surface area contributed by atoms with Crippen molar-refractivity contribution < 1.29 is 8.78 Å². The predicted octanol–water partition coefficient (Wildman–Crippen LogP) is 4.97. The van der Waals surface area contributed by atoms with E-state index in [0.29, 0.717) is 17.0 Å². The fourth-order valence-corrected chi connectivity index (χ4v) is 3.03. The summed E-state index contributed by atoms with van der Waals surface area (Å²) in [7, 11) is 1.73. The molecule has 3 rings (SSSR count). The van der Waals surface area contributed by atoms with Crippen molar-refractivity contribution in [1.82, 2.24) is 9.88 Å². The summed E-state index contributed by atoms with van der Waals surface area (Å²) in [6.45, 7) is 3.96. The zero-order valence-electron chi connectivity index (χ0n) is 12.4. The highest BCUT2D eigenvalue weighted by molar-refractivity contribution is 9.12. The lowest BCUT2D eigenvalue weighted by Crippen LogP contribution is -2.22. The lowest BCUT2D eigenvalue weighted by molar-refractivity contribution is 0.543. The molecule has 23 heavy (non-hydrogen) atoms. The summed E-state index contributed by atoms with van der Waals surface area (Å²) in [4.78, 5) is 5.23. The quantitative estimate of drug-likeness (QED) is 0.737. The van der Waals surface area contributed by atoms with Crippen LogP contribution >= 0.6 is 15.9 Å². The summed E-state index contributed by atoms with van der Waals surface area (Å²) in [5, 5.41) is 0. The Morgan fingerprint density at radius 1 is 1.09 bits per heavy atom. The van der Waals surface area contributed by atoms with Gasteiger partial charge in [0.2, 0.25) is 0 Å². The first-order chi connectivity index (χ1) is 11.0. The van der Waals surface area contributed by atoms with Crippen molar-refractivity contribution in [3.63, 3.8) is 0 Å². The van der Waals surface area contributed by atoms with E-state index in [1.165, 1.54) is 0 Å². The van der Waals surface area contributed by atoms with Crippen LogP contribution in [0.25, 0.3) is 11.3 Å². The summed E-state index contributed by atoms with van der Waals surface area (Å²) in [6.07, 6.45) is 3.85. The van der Waals surface area contributed by atoms with Crippen LogP contribution in [0.15, 0.2) is 65.6 Å². The molecule has 1 aromatic carbocycles. The fraction of sp³-hybridized carbons (Fsp3) is 0.0556. The maximum Gasteiger partial charge on any atom is 0.153 e. The smallest absolute Gasteiger partial charge is 0.153 e. The van der Waals surface area contributed by atoms with Crippen molar-refractivity contribution in [2.45, 2.75) is 0 Å². The lowest BCUT2D eigenvalue weighted by atomic mass is 9.95. The Kier molecular flexibility index (Phi) is 4.13. The Hall–Kier alpha value is -2.27. The van der Waals surface area contributed by atoms with Gasteiger partial charge in [-0.2, -0.15) is 0 Å². The van der Waals surface area contributed by atoms with Crippen molar-refractivity contribution in [1.29, 1.82) is 0 Å². The summed E-state index contributed by atoms with van der Waals surface area (Å²) in [5.74, 6) is -1.42. The van der Waals surface area contributed by atoms with Crippen molar-refractivity contribution in [3.05, 3.63) is 88.3 Å². The van der Waals surface area contributed by atoms with Crippen LogP contribution in [0, 0.1) is 11.6 Å². The molecule has 2 nitrogen and oxygen atoms in total. The first-order valence-electron chi connectivity index (χ1n) is 6.90. The van der Waals surface area contributed by atoms with Gasteiger partial charge >= 0.3 is 0 Å². The second kappa shape index (κ2) is 6.08. The maximum absolute atomic E-state index is 14.3. The molecule has 1 aromatic heterocycles. The topological polar surface area (TPSA) is 16.1 Å². The molecular weight excluding hydrogens is 362 g/mol. The van der Waals surface area contributed by atoms with Crippen LogP contribution in [0.5, 0.6) is 0 Å². The van der Waals surface area contributed by atoms with E-state index in [0.717, 1.165) is 22.4 Å². The lowest BCUT2D eigenvalue weighted by Gasteiger charge is -2.31. The molecule has 0 unspecified atom stereocenters. The second-order valence-corrected chi connectivity index (χ2v) is 5.96. The van der Waals surface area contributed by atoms with Gasteiger partial charge in [-0.05, 0) is 27.6 Å².